The minimum Gasteiger partial charge on any atom is -0.356 e. The molecule has 0 aliphatic carbocycles. The molecule has 1 aromatic rings. The van der Waals surface area contributed by atoms with Crippen molar-refractivity contribution in [2.24, 2.45) is 11.8 Å². The van der Waals surface area contributed by atoms with Crippen LogP contribution in [-0.4, -0.2) is 18.1 Å². The second kappa shape index (κ2) is 4.74. The number of halogens is 1. The summed E-state index contributed by atoms with van der Waals surface area (Å²) in [5.41, 5.74) is 1.07. The highest BCUT2D eigenvalue weighted by molar-refractivity contribution is 9.10. The minimum atomic E-state index is 0.779. The molecule has 1 aromatic heterocycles. The third-order valence-corrected chi connectivity index (χ3v) is 4.34. The topological polar surface area (TPSA) is 16.1 Å². The summed E-state index contributed by atoms with van der Waals surface area (Å²) in [5.74, 6) is 2.73. The Hall–Kier alpha value is -0.570. The van der Waals surface area contributed by atoms with Gasteiger partial charge in [-0.3, -0.25) is 0 Å². The summed E-state index contributed by atoms with van der Waals surface area (Å²) in [6, 6.07) is 4.21. The maximum Gasteiger partial charge on any atom is 0.128 e. The number of hydrogen-bond donors (Lipinski definition) is 0. The first-order chi connectivity index (χ1) is 7.58. The van der Waals surface area contributed by atoms with Crippen LogP contribution >= 0.6 is 15.9 Å². The van der Waals surface area contributed by atoms with E-state index in [0.29, 0.717) is 0 Å². The van der Waals surface area contributed by atoms with Gasteiger partial charge in [-0.15, -0.1) is 0 Å². The van der Waals surface area contributed by atoms with Crippen LogP contribution in [-0.2, 0) is 0 Å². The van der Waals surface area contributed by atoms with Crippen LogP contribution in [0.25, 0.3) is 0 Å². The van der Waals surface area contributed by atoms with Gasteiger partial charge in [0.2, 0.25) is 0 Å². The monoisotopic (exact) mass is 282 g/mol. The molecular formula is C13H19BrN2. The summed E-state index contributed by atoms with van der Waals surface area (Å²) >= 11 is 3.49. The van der Waals surface area contributed by atoms with Crippen LogP contribution in [0.3, 0.4) is 0 Å². The highest BCUT2D eigenvalue weighted by atomic mass is 79.9. The smallest absolute Gasteiger partial charge is 0.128 e. The predicted octanol–water partition coefficient (Wildman–Crippen LogP) is 3.63. The van der Waals surface area contributed by atoms with E-state index in [-0.39, 0.29) is 0 Å². The number of anilines is 1. The lowest BCUT2D eigenvalue weighted by molar-refractivity contribution is 0.422. The van der Waals surface area contributed by atoms with Crippen LogP contribution in [0.15, 0.2) is 16.6 Å². The lowest BCUT2D eigenvalue weighted by Crippen LogP contribution is -2.22. The summed E-state index contributed by atoms with van der Waals surface area (Å²) in [5, 5.41) is 0. The zero-order valence-electron chi connectivity index (χ0n) is 10.2. The zero-order chi connectivity index (χ0) is 11.7. The van der Waals surface area contributed by atoms with E-state index in [1.165, 1.54) is 6.42 Å². The van der Waals surface area contributed by atoms with Gasteiger partial charge in [-0.05, 0) is 53.2 Å². The molecule has 0 aromatic carbocycles. The molecule has 0 spiro atoms. The molecule has 1 unspecified atom stereocenters. The SMILES string of the molecule is Cc1nc(N2CCC(C(C)C)C2)ccc1Br. The molecule has 1 aliphatic rings. The molecule has 1 atom stereocenters. The summed E-state index contributed by atoms with van der Waals surface area (Å²) < 4.78 is 1.09. The summed E-state index contributed by atoms with van der Waals surface area (Å²) in [4.78, 5) is 7.03. The molecule has 1 fully saturated rings. The highest BCUT2D eigenvalue weighted by Crippen LogP contribution is 2.28. The molecule has 1 aliphatic heterocycles. The van der Waals surface area contributed by atoms with Crippen LogP contribution in [0, 0.1) is 18.8 Å². The van der Waals surface area contributed by atoms with Crippen LogP contribution in [0.5, 0.6) is 0 Å². The van der Waals surface area contributed by atoms with Crippen molar-refractivity contribution >= 4 is 21.7 Å². The van der Waals surface area contributed by atoms with E-state index in [1.807, 2.05) is 6.92 Å². The standard InChI is InChI=1S/C13H19BrN2/c1-9(2)11-6-7-16(8-11)13-5-4-12(14)10(3)15-13/h4-5,9,11H,6-8H2,1-3H3. The maximum absolute atomic E-state index is 4.63. The Balaban J connectivity index is 2.11. The summed E-state index contributed by atoms with van der Waals surface area (Å²) in [6.45, 7) is 8.98. The Kier molecular flexibility index (Phi) is 3.53. The van der Waals surface area contributed by atoms with Gasteiger partial charge < -0.3 is 4.90 Å². The summed E-state index contributed by atoms with van der Waals surface area (Å²) in [7, 11) is 0. The molecule has 2 heterocycles. The third-order valence-electron chi connectivity index (χ3n) is 3.50. The maximum atomic E-state index is 4.63. The Morgan fingerprint density at radius 1 is 1.44 bits per heavy atom. The van der Waals surface area contributed by atoms with Gasteiger partial charge >= 0.3 is 0 Å². The molecule has 1 saturated heterocycles. The van der Waals surface area contributed by atoms with E-state index in [2.05, 4.69) is 51.8 Å². The van der Waals surface area contributed by atoms with Crippen molar-refractivity contribution in [3.63, 3.8) is 0 Å². The Morgan fingerprint density at radius 3 is 2.75 bits per heavy atom. The van der Waals surface area contributed by atoms with Crippen molar-refractivity contribution in [2.45, 2.75) is 27.2 Å². The van der Waals surface area contributed by atoms with Gasteiger partial charge in [-0.25, -0.2) is 4.98 Å². The van der Waals surface area contributed by atoms with E-state index < -0.39 is 0 Å². The van der Waals surface area contributed by atoms with Gasteiger partial charge in [-0.2, -0.15) is 0 Å². The number of hydrogen-bond acceptors (Lipinski definition) is 2. The van der Waals surface area contributed by atoms with E-state index >= 15 is 0 Å². The van der Waals surface area contributed by atoms with Gasteiger partial charge in [0.05, 0.1) is 5.69 Å². The van der Waals surface area contributed by atoms with Crippen molar-refractivity contribution < 1.29 is 0 Å². The molecular weight excluding hydrogens is 264 g/mol. The highest BCUT2D eigenvalue weighted by Gasteiger charge is 2.25. The van der Waals surface area contributed by atoms with Crippen molar-refractivity contribution in [1.82, 2.24) is 4.98 Å². The van der Waals surface area contributed by atoms with E-state index in [9.17, 15) is 0 Å². The molecule has 16 heavy (non-hydrogen) atoms. The molecule has 0 bridgehead atoms. The van der Waals surface area contributed by atoms with Crippen LogP contribution in [0.2, 0.25) is 0 Å². The molecule has 0 saturated carbocycles. The van der Waals surface area contributed by atoms with Gasteiger partial charge in [0.25, 0.3) is 0 Å². The quantitative estimate of drug-likeness (QED) is 0.824. The van der Waals surface area contributed by atoms with Gasteiger partial charge in [0.15, 0.2) is 0 Å². The van der Waals surface area contributed by atoms with Crippen LogP contribution < -0.4 is 4.90 Å². The number of aromatic nitrogens is 1. The fourth-order valence-corrected chi connectivity index (χ4v) is 2.47. The fourth-order valence-electron chi connectivity index (χ4n) is 2.25. The van der Waals surface area contributed by atoms with Crippen LogP contribution in [0.1, 0.15) is 26.0 Å². The Morgan fingerprint density at radius 2 is 2.19 bits per heavy atom. The van der Waals surface area contributed by atoms with E-state index in [4.69, 9.17) is 0 Å². The molecule has 3 heteroatoms. The molecule has 0 N–H and O–H groups in total. The largest absolute Gasteiger partial charge is 0.356 e. The second-order valence-electron chi connectivity index (χ2n) is 4.98. The average Bonchev–Trinajstić information content (AvgIpc) is 2.71. The molecule has 2 rings (SSSR count). The second-order valence-corrected chi connectivity index (χ2v) is 5.83. The van der Waals surface area contributed by atoms with E-state index in [1.54, 1.807) is 0 Å². The number of pyridine rings is 1. The number of aryl methyl sites for hydroxylation is 1. The van der Waals surface area contributed by atoms with Crippen molar-refractivity contribution in [2.75, 3.05) is 18.0 Å². The lowest BCUT2D eigenvalue weighted by Gasteiger charge is -2.19. The average molecular weight is 283 g/mol. The third kappa shape index (κ3) is 2.40. The first kappa shape index (κ1) is 11.9. The first-order valence-electron chi connectivity index (χ1n) is 5.96. The van der Waals surface area contributed by atoms with E-state index in [0.717, 1.165) is 40.9 Å². The Labute approximate surface area is 106 Å². The minimum absolute atomic E-state index is 0.779. The predicted molar refractivity (Wildman–Crippen MR) is 71.8 cm³/mol. The lowest BCUT2D eigenvalue weighted by atomic mass is 9.95. The van der Waals surface area contributed by atoms with Crippen LogP contribution in [0.4, 0.5) is 5.82 Å². The van der Waals surface area contributed by atoms with Crippen molar-refractivity contribution in [3.8, 4) is 0 Å². The zero-order valence-corrected chi connectivity index (χ0v) is 11.8. The molecule has 2 nitrogen and oxygen atoms in total. The Bertz CT molecular complexity index is 376. The fraction of sp³-hybridized carbons (Fsp3) is 0.615. The molecule has 0 radical (unpaired) electrons. The summed E-state index contributed by atoms with van der Waals surface area (Å²) in [6.07, 6.45) is 1.30. The van der Waals surface area contributed by atoms with Gasteiger partial charge in [0, 0.05) is 17.6 Å². The normalized spacial score (nSPS) is 20.8. The molecule has 88 valence electrons. The van der Waals surface area contributed by atoms with Crippen molar-refractivity contribution in [1.29, 1.82) is 0 Å². The molecule has 0 amide bonds. The van der Waals surface area contributed by atoms with Crippen molar-refractivity contribution in [3.05, 3.63) is 22.3 Å². The first-order valence-corrected chi connectivity index (χ1v) is 6.75. The van der Waals surface area contributed by atoms with Gasteiger partial charge in [0.1, 0.15) is 5.82 Å². The number of rotatable bonds is 2. The number of nitrogens with zero attached hydrogens (tertiary/aromatic N) is 2. The van der Waals surface area contributed by atoms with Gasteiger partial charge in [-0.1, -0.05) is 13.8 Å².